The highest BCUT2D eigenvalue weighted by molar-refractivity contribution is 6.42. The molecule has 0 spiro atoms. The summed E-state index contributed by atoms with van der Waals surface area (Å²) in [6.07, 6.45) is 6.28. The van der Waals surface area contributed by atoms with Gasteiger partial charge in [-0.3, -0.25) is 24.2 Å². The Balaban J connectivity index is 1.34. The molecule has 1 saturated heterocycles. The minimum Gasteiger partial charge on any atom is -0.290 e. The Morgan fingerprint density at radius 3 is 2.12 bits per heavy atom. The van der Waals surface area contributed by atoms with Crippen LogP contribution in [0.15, 0.2) is 54.6 Å². The Labute approximate surface area is 208 Å². The third-order valence-electron chi connectivity index (χ3n) is 8.10. The second-order valence-electron chi connectivity index (χ2n) is 9.78. The molecule has 7 heteroatoms. The average Bonchev–Trinajstić information content (AvgIpc) is 3.64. The maximum atomic E-state index is 13.6. The maximum absolute atomic E-state index is 13.6. The van der Waals surface area contributed by atoms with E-state index in [4.69, 9.17) is 23.2 Å². The van der Waals surface area contributed by atoms with E-state index in [-0.39, 0.29) is 53.1 Å². The third kappa shape index (κ3) is 3.24. The number of hydrogen-bond donors (Lipinski definition) is 0. The first kappa shape index (κ1) is 21.9. The molecule has 4 aliphatic carbocycles. The Bertz CT molecular complexity index is 1200. The lowest BCUT2D eigenvalue weighted by molar-refractivity contribution is -0.140. The highest BCUT2D eigenvalue weighted by atomic mass is 35.5. The Morgan fingerprint density at radius 2 is 1.56 bits per heavy atom. The van der Waals surface area contributed by atoms with Crippen LogP contribution < -0.4 is 4.90 Å². The first-order valence-electron chi connectivity index (χ1n) is 11.8. The summed E-state index contributed by atoms with van der Waals surface area (Å²) in [6.45, 7) is 1.94. The predicted molar refractivity (Wildman–Crippen MR) is 131 cm³/mol. The van der Waals surface area contributed by atoms with Crippen molar-refractivity contribution >= 4 is 46.6 Å². The summed E-state index contributed by atoms with van der Waals surface area (Å²) in [7, 11) is 0. The SMILES string of the molecule is CCc1ccc(N(CN2C(=O)[C@@H]3[C@H]4C=C[C@@H]([C@@H]5C[C@@H]45)[C@H]3C2=O)C(=O)c2ccc(Cl)c(Cl)c2)cc1. The maximum Gasteiger partial charge on any atom is 0.259 e. The fourth-order valence-electron chi connectivity index (χ4n) is 6.26. The Morgan fingerprint density at radius 1 is 0.941 bits per heavy atom. The normalized spacial score (nSPS) is 30.4. The number of amides is 3. The van der Waals surface area contributed by atoms with Gasteiger partial charge in [0.2, 0.25) is 11.8 Å². The van der Waals surface area contributed by atoms with Crippen molar-refractivity contribution in [1.29, 1.82) is 0 Å². The van der Waals surface area contributed by atoms with E-state index in [1.807, 2.05) is 24.3 Å². The number of benzene rings is 2. The predicted octanol–water partition coefficient (Wildman–Crippen LogP) is 5.21. The van der Waals surface area contributed by atoms with Crippen molar-refractivity contribution in [3.8, 4) is 0 Å². The van der Waals surface area contributed by atoms with E-state index in [0.717, 1.165) is 18.4 Å². The lowest BCUT2D eigenvalue weighted by atomic mass is 9.63. The van der Waals surface area contributed by atoms with Gasteiger partial charge in [0, 0.05) is 11.3 Å². The van der Waals surface area contributed by atoms with Crippen molar-refractivity contribution in [3.63, 3.8) is 0 Å². The molecular formula is C27H24Cl2N2O3. The smallest absolute Gasteiger partial charge is 0.259 e. The first-order chi connectivity index (χ1) is 16.4. The highest BCUT2D eigenvalue weighted by Gasteiger charge is 2.67. The number of carbonyl (C=O) groups excluding carboxylic acids is 3. The lowest BCUT2D eigenvalue weighted by Crippen LogP contribution is -2.45. The minimum absolute atomic E-state index is 0.121. The minimum atomic E-state index is -0.345. The van der Waals surface area contributed by atoms with Crippen LogP contribution in [0.1, 0.15) is 29.3 Å². The highest BCUT2D eigenvalue weighted by Crippen LogP contribution is 2.65. The van der Waals surface area contributed by atoms with Gasteiger partial charge in [-0.1, -0.05) is 54.4 Å². The van der Waals surface area contributed by atoms with Crippen LogP contribution in [0.2, 0.25) is 10.0 Å². The molecule has 0 aromatic heterocycles. The number of anilines is 1. The molecule has 1 aliphatic heterocycles. The quantitative estimate of drug-likeness (QED) is 0.423. The molecule has 1 heterocycles. The van der Waals surface area contributed by atoms with Gasteiger partial charge in [0.15, 0.2) is 0 Å². The van der Waals surface area contributed by atoms with E-state index < -0.39 is 0 Å². The van der Waals surface area contributed by atoms with Crippen molar-refractivity contribution in [1.82, 2.24) is 4.90 Å². The van der Waals surface area contributed by atoms with Gasteiger partial charge in [-0.2, -0.15) is 0 Å². The van der Waals surface area contributed by atoms with Crippen LogP contribution in [0, 0.1) is 35.5 Å². The van der Waals surface area contributed by atoms with Crippen molar-refractivity contribution in [2.45, 2.75) is 19.8 Å². The number of aryl methyl sites for hydroxylation is 1. The van der Waals surface area contributed by atoms with Crippen molar-refractivity contribution < 1.29 is 14.4 Å². The van der Waals surface area contributed by atoms with Crippen LogP contribution in [0.4, 0.5) is 5.69 Å². The van der Waals surface area contributed by atoms with Gasteiger partial charge in [0.05, 0.1) is 21.9 Å². The molecule has 0 N–H and O–H groups in total. The van der Waals surface area contributed by atoms with Gasteiger partial charge in [-0.15, -0.1) is 0 Å². The first-order valence-corrected chi connectivity index (χ1v) is 12.5. The van der Waals surface area contributed by atoms with Gasteiger partial charge in [-0.25, -0.2) is 0 Å². The van der Waals surface area contributed by atoms with Crippen LogP contribution in [-0.4, -0.2) is 29.3 Å². The largest absolute Gasteiger partial charge is 0.290 e. The zero-order valence-corrected chi connectivity index (χ0v) is 20.2. The summed E-state index contributed by atoms with van der Waals surface area (Å²) in [5.41, 5.74) is 2.09. The van der Waals surface area contributed by atoms with E-state index in [1.54, 1.807) is 12.1 Å². The zero-order chi connectivity index (χ0) is 23.7. The van der Waals surface area contributed by atoms with Crippen molar-refractivity contribution in [2.75, 3.05) is 11.6 Å². The number of allylic oxidation sites excluding steroid dienone is 2. The van der Waals surface area contributed by atoms with Gasteiger partial charge >= 0.3 is 0 Å². The number of hydrogen-bond acceptors (Lipinski definition) is 3. The fraction of sp³-hybridized carbons (Fsp3) is 0.370. The molecular weight excluding hydrogens is 471 g/mol. The van der Waals surface area contributed by atoms with Crippen LogP contribution in [0.5, 0.6) is 0 Å². The molecule has 174 valence electrons. The summed E-state index contributed by atoms with van der Waals surface area (Å²) < 4.78 is 0. The molecule has 2 aromatic rings. The van der Waals surface area contributed by atoms with Crippen molar-refractivity contribution in [2.24, 2.45) is 35.5 Å². The monoisotopic (exact) mass is 494 g/mol. The summed E-state index contributed by atoms with van der Waals surface area (Å²) in [5, 5.41) is 0.627. The molecule has 3 fully saturated rings. The number of imide groups is 1. The summed E-state index contributed by atoms with van der Waals surface area (Å²) in [5.74, 6) is 0.100. The molecule has 2 saturated carbocycles. The topological polar surface area (TPSA) is 57.7 Å². The van der Waals surface area contributed by atoms with E-state index in [1.165, 1.54) is 15.9 Å². The van der Waals surface area contributed by atoms with Gasteiger partial charge < -0.3 is 0 Å². The molecule has 34 heavy (non-hydrogen) atoms. The summed E-state index contributed by atoms with van der Waals surface area (Å²) in [6, 6.07) is 12.3. The van der Waals surface area contributed by atoms with E-state index in [2.05, 4.69) is 19.1 Å². The number of halogens is 2. The van der Waals surface area contributed by atoms with Crippen LogP contribution in [-0.2, 0) is 16.0 Å². The fourth-order valence-corrected chi connectivity index (χ4v) is 6.56. The number of nitrogens with zero attached hydrogens (tertiary/aromatic N) is 2. The molecule has 5 nitrogen and oxygen atoms in total. The van der Waals surface area contributed by atoms with Gasteiger partial charge in [0.25, 0.3) is 5.91 Å². The molecule has 2 bridgehead atoms. The molecule has 2 aromatic carbocycles. The molecule has 7 rings (SSSR count). The van der Waals surface area contributed by atoms with Crippen LogP contribution in [0.25, 0.3) is 0 Å². The number of carbonyl (C=O) groups is 3. The van der Waals surface area contributed by atoms with Crippen LogP contribution in [0.3, 0.4) is 0 Å². The lowest BCUT2D eigenvalue weighted by Gasteiger charge is -2.37. The third-order valence-corrected chi connectivity index (χ3v) is 8.84. The molecule has 5 aliphatic rings. The Kier molecular flexibility index (Phi) is 5.12. The molecule has 0 radical (unpaired) electrons. The van der Waals surface area contributed by atoms with E-state index >= 15 is 0 Å². The van der Waals surface area contributed by atoms with E-state index in [0.29, 0.717) is 28.1 Å². The van der Waals surface area contributed by atoms with E-state index in [9.17, 15) is 14.4 Å². The van der Waals surface area contributed by atoms with Crippen LogP contribution >= 0.6 is 23.2 Å². The standard InChI is InChI=1S/C27H24Cl2N2O3/c1-2-14-3-6-16(7-4-14)30(25(32)15-5-10-21(28)22(29)11-15)13-31-26(33)23-17-8-9-18(20-12-19(17)20)24(23)27(31)34/h3-11,17-20,23-24H,2,12-13H2,1H3/t17-,18-,19-,20-,23+,24+/m0/s1. The van der Waals surface area contributed by atoms with Crippen molar-refractivity contribution in [3.05, 3.63) is 75.8 Å². The van der Waals surface area contributed by atoms with Gasteiger partial charge in [0.1, 0.15) is 6.67 Å². The summed E-state index contributed by atoms with van der Waals surface area (Å²) in [4.78, 5) is 43.5. The summed E-state index contributed by atoms with van der Waals surface area (Å²) >= 11 is 12.2. The van der Waals surface area contributed by atoms with Gasteiger partial charge in [-0.05, 0) is 72.4 Å². The second-order valence-corrected chi connectivity index (χ2v) is 10.6. The average molecular weight is 495 g/mol. The number of likely N-dealkylation sites (tertiary alicyclic amines) is 1. The molecule has 0 unspecified atom stereocenters. The molecule has 3 amide bonds. The molecule has 6 atom stereocenters. The number of rotatable bonds is 5. The zero-order valence-electron chi connectivity index (χ0n) is 18.7. The second kappa shape index (κ2) is 7.96. The Hall–Kier alpha value is -2.63.